The summed E-state index contributed by atoms with van der Waals surface area (Å²) < 4.78 is 11.4. The normalized spacial score (nSPS) is 23.9. The van der Waals surface area contributed by atoms with Crippen molar-refractivity contribution in [3.63, 3.8) is 0 Å². The molecule has 4 N–H and O–H groups in total. The Bertz CT molecular complexity index is 1890. The second-order valence-corrected chi connectivity index (χ2v) is 19.3. The second kappa shape index (κ2) is 19.2. The molecule has 4 aliphatic rings. The predicted molar refractivity (Wildman–Crippen MR) is 237 cm³/mol. The molecule has 3 amide bonds. The Morgan fingerprint density at radius 3 is 2.36 bits per heavy atom. The zero-order chi connectivity index (χ0) is 44.2. The van der Waals surface area contributed by atoms with E-state index in [0.717, 1.165) is 50.8 Å². The lowest BCUT2D eigenvalue weighted by Gasteiger charge is -2.48. The number of nitrogens with zero attached hydrogens (tertiary/aromatic N) is 5. The SMILES string of the molecule is CC[C@@H]1C(=O)N(C)c2cnc(Nc3ccc(C(=O)NC4CCN(CC[C@@](NC(=O)OC(C)(C)C)(C(=O)O)[C@@H]5C[C@H](C)CC[C@H]5C(C)C)CC4)cc3OC)nc2N1C1CCCC1. The van der Waals surface area contributed by atoms with E-state index in [1.807, 2.05) is 6.92 Å². The fraction of sp³-hybridized carbons (Fsp3) is 0.696. The zero-order valence-electron chi connectivity index (χ0n) is 37.9. The van der Waals surface area contributed by atoms with Crippen LogP contribution in [-0.2, 0) is 14.3 Å². The van der Waals surface area contributed by atoms with E-state index >= 15 is 0 Å². The molecule has 2 aliphatic carbocycles. The van der Waals surface area contributed by atoms with Gasteiger partial charge in [0.15, 0.2) is 5.82 Å². The number of carbonyl (C=O) groups is 4. The van der Waals surface area contributed by atoms with E-state index in [4.69, 9.17) is 14.5 Å². The highest BCUT2D eigenvalue weighted by atomic mass is 16.6. The van der Waals surface area contributed by atoms with Crippen LogP contribution < -0.4 is 30.5 Å². The Kier molecular flexibility index (Phi) is 14.4. The molecular weight excluding hydrogens is 777 g/mol. The highest BCUT2D eigenvalue weighted by Crippen LogP contribution is 2.46. The van der Waals surface area contributed by atoms with E-state index in [1.165, 1.54) is 0 Å². The van der Waals surface area contributed by atoms with E-state index in [0.29, 0.717) is 73.5 Å². The lowest BCUT2D eigenvalue weighted by Crippen LogP contribution is -2.64. The third-order valence-corrected chi connectivity index (χ3v) is 13.6. The van der Waals surface area contributed by atoms with Gasteiger partial charge in [0, 0.05) is 44.3 Å². The smallest absolute Gasteiger partial charge is 0.408 e. The number of hydrogen-bond acceptors (Lipinski definition) is 11. The van der Waals surface area contributed by atoms with Crippen molar-refractivity contribution >= 4 is 47.0 Å². The maximum Gasteiger partial charge on any atom is 0.408 e. The molecular formula is C46H70N8O7. The molecule has 3 heterocycles. The van der Waals surface area contributed by atoms with Gasteiger partial charge in [-0.2, -0.15) is 4.98 Å². The number of anilines is 4. The molecule has 0 spiro atoms. The monoisotopic (exact) mass is 847 g/mol. The highest BCUT2D eigenvalue weighted by Gasteiger charge is 2.53. The fourth-order valence-electron chi connectivity index (χ4n) is 10.3. The van der Waals surface area contributed by atoms with Gasteiger partial charge in [-0.1, -0.05) is 47.0 Å². The first-order valence-corrected chi connectivity index (χ1v) is 22.6. The van der Waals surface area contributed by atoms with Crippen molar-refractivity contribution in [3.8, 4) is 5.75 Å². The Balaban J connectivity index is 1.09. The molecule has 5 atom stereocenters. The molecule has 1 aromatic heterocycles. The van der Waals surface area contributed by atoms with Crippen LogP contribution in [-0.4, -0.2) is 107 Å². The molecule has 61 heavy (non-hydrogen) atoms. The maximum absolute atomic E-state index is 13.6. The molecule has 2 aliphatic heterocycles. The summed E-state index contributed by atoms with van der Waals surface area (Å²) in [5.41, 5.74) is -0.497. The van der Waals surface area contributed by atoms with Crippen molar-refractivity contribution in [1.29, 1.82) is 0 Å². The zero-order valence-corrected chi connectivity index (χ0v) is 37.9. The molecule has 0 radical (unpaired) electrons. The van der Waals surface area contributed by atoms with Crippen LogP contribution in [0, 0.1) is 23.7 Å². The van der Waals surface area contributed by atoms with Crippen LogP contribution in [0.15, 0.2) is 24.4 Å². The Morgan fingerprint density at radius 1 is 1.03 bits per heavy atom. The molecule has 15 heteroatoms. The third-order valence-electron chi connectivity index (χ3n) is 13.6. The number of aliphatic carboxylic acids is 1. The van der Waals surface area contributed by atoms with Crippen molar-refractivity contribution in [2.24, 2.45) is 23.7 Å². The van der Waals surface area contributed by atoms with Gasteiger partial charge in [-0.25, -0.2) is 14.6 Å². The molecule has 336 valence electrons. The molecule has 0 unspecified atom stereocenters. The number of rotatable bonds is 14. The topological polar surface area (TPSA) is 179 Å². The summed E-state index contributed by atoms with van der Waals surface area (Å²) >= 11 is 0. The minimum Gasteiger partial charge on any atom is -0.495 e. The average molecular weight is 847 g/mol. The lowest BCUT2D eigenvalue weighted by atomic mass is 9.61. The summed E-state index contributed by atoms with van der Waals surface area (Å²) in [7, 11) is 3.34. The van der Waals surface area contributed by atoms with Crippen LogP contribution in [0.2, 0.25) is 0 Å². The highest BCUT2D eigenvalue weighted by molar-refractivity contribution is 6.04. The number of benzene rings is 1. The molecule has 1 aromatic carbocycles. The lowest BCUT2D eigenvalue weighted by molar-refractivity contribution is -0.151. The summed E-state index contributed by atoms with van der Waals surface area (Å²) in [5, 5.41) is 20.4. The molecule has 2 saturated carbocycles. The Morgan fingerprint density at radius 2 is 1.74 bits per heavy atom. The van der Waals surface area contributed by atoms with Crippen molar-refractivity contribution in [1.82, 2.24) is 25.5 Å². The first-order valence-electron chi connectivity index (χ1n) is 22.6. The quantitative estimate of drug-likeness (QED) is 0.149. The number of alkyl carbamates (subject to hydrolysis) is 1. The number of aromatic nitrogens is 2. The number of carboxylic acid groups (broad SMARTS) is 1. The summed E-state index contributed by atoms with van der Waals surface area (Å²) in [6, 6.07) is 5.15. The van der Waals surface area contributed by atoms with Crippen LogP contribution >= 0.6 is 0 Å². The van der Waals surface area contributed by atoms with Gasteiger partial charge in [0.25, 0.3) is 5.91 Å². The van der Waals surface area contributed by atoms with Gasteiger partial charge >= 0.3 is 12.1 Å². The van der Waals surface area contributed by atoms with Crippen molar-refractivity contribution in [2.75, 3.05) is 48.9 Å². The van der Waals surface area contributed by atoms with Gasteiger partial charge in [0.1, 0.15) is 28.6 Å². The van der Waals surface area contributed by atoms with Gasteiger partial charge in [0.05, 0.1) is 19.0 Å². The van der Waals surface area contributed by atoms with Gasteiger partial charge in [0.2, 0.25) is 11.9 Å². The van der Waals surface area contributed by atoms with Gasteiger partial charge in [-0.15, -0.1) is 0 Å². The molecule has 6 rings (SSSR count). The van der Waals surface area contributed by atoms with Crippen molar-refractivity contribution in [3.05, 3.63) is 30.0 Å². The van der Waals surface area contributed by atoms with Crippen LogP contribution in [0.1, 0.15) is 129 Å². The number of carbonyl (C=O) groups excluding carboxylic acids is 3. The molecule has 2 aromatic rings. The van der Waals surface area contributed by atoms with E-state index in [-0.39, 0.29) is 54.1 Å². The van der Waals surface area contributed by atoms with Gasteiger partial charge in [-0.3, -0.25) is 9.59 Å². The second-order valence-electron chi connectivity index (χ2n) is 19.3. The summed E-state index contributed by atoms with van der Waals surface area (Å²) in [4.78, 5) is 69.3. The van der Waals surface area contributed by atoms with E-state index < -0.39 is 23.2 Å². The minimum absolute atomic E-state index is 0.0585. The third kappa shape index (κ3) is 10.3. The van der Waals surface area contributed by atoms with E-state index in [1.54, 1.807) is 64.2 Å². The van der Waals surface area contributed by atoms with Crippen LogP contribution in [0.3, 0.4) is 0 Å². The number of piperidine rings is 1. The largest absolute Gasteiger partial charge is 0.495 e. The molecule has 0 bridgehead atoms. The van der Waals surface area contributed by atoms with Crippen LogP contribution in [0.25, 0.3) is 0 Å². The average Bonchev–Trinajstić information content (AvgIpc) is 3.75. The first kappa shape index (κ1) is 45.9. The summed E-state index contributed by atoms with van der Waals surface area (Å²) in [6.45, 7) is 15.7. The number of hydrogen-bond donors (Lipinski definition) is 4. The number of likely N-dealkylation sites (tertiary alicyclic amines) is 1. The van der Waals surface area contributed by atoms with Crippen molar-refractivity contribution < 1.29 is 33.8 Å². The number of carboxylic acids is 1. The summed E-state index contributed by atoms with van der Waals surface area (Å²) in [6.07, 6.45) is 10.3. The molecule has 1 saturated heterocycles. The Labute approximate surface area is 362 Å². The number of likely N-dealkylation sites (N-methyl/N-ethyl adjacent to an activating group) is 1. The number of nitrogens with one attached hydrogen (secondary N) is 3. The van der Waals surface area contributed by atoms with Gasteiger partial charge in [-0.05, 0) is 114 Å². The fourth-order valence-corrected chi connectivity index (χ4v) is 10.3. The van der Waals surface area contributed by atoms with Crippen LogP contribution in [0.4, 0.5) is 27.9 Å². The number of fused-ring (bicyclic) bond motifs is 1. The minimum atomic E-state index is -1.48. The standard InChI is InChI=1S/C46H70N8O7/c1-10-36-41(56)52(8)37-27-47-43(50-39(37)54(36)32-13-11-12-14-32)49-35-18-16-30(26-38(35)60-9)40(55)48-31-19-22-53(23-20-31)24-21-46(42(57)58,51-44(59)61-45(5,6)7)34-25-29(4)15-17-33(34)28(2)3/h16,18,26-29,31-34,36H,10-15,17,19-25H2,1-9H3,(H,48,55)(H,51,59)(H,57,58)(H,47,49,50)/t29-,33+,34-,36-,46+/m1/s1. The van der Waals surface area contributed by atoms with E-state index in [2.05, 4.69) is 51.5 Å². The number of ether oxygens (including phenoxy) is 2. The number of methoxy groups -OCH3 is 1. The van der Waals surface area contributed by atoms with Crippen molar-refractivity contribution in [2.45, 2.75) is 148 Å². The molecule has 3 fully saturated rings. The Hall–Kier alpha value is -4.66. The van der Waals surface area contributed by atoms with Gasteiger partial charge < -0.3 is 45.2 Å². The van der Waals surface area contributed by atoms with E-state index in [9.17, 15) is 24.3 Å². The molecule has 15 nitrogen and oxygen atoms in total. The first-order chi connectivity index (χ1) is 28.9. The number of amides is 3. The summed E-state index contributed by atoms with van der Waals surface area (Å²) in [5.74, 6) is 0.947. The maximum atomic E-state index is 13.6. The van der Waals surface area contributed by atoms with Crippen LogP contribution in [0.5, 0.6) is 5.75 Å². The predicted octanol–water partition coefficient (Wildman–Crippen LogP) is 7.37.